The summed E-state index contributed by atoms with van der Waals surface area (Å²) in [6, 6.07) is 0.397. The van der Waals surface area contributed by atoms with Gasteiger partial charge in [-0.1, -0.05) is 13.8 Å². The third kappa shape index (κ3) is 2.48. The minimum absolute atomic E-state index is 0.241. The first kappa shape index (κ1) is 11.5. The van der Waals surface area contributed by atoms with Gasteiger partial charge >= 0.3 is 7.05 Å². The van der Waals surface area contributed by atoms with Crippen molar-refractivity contribution < 1.29 is 10.2 Å². The largest absolute Gasteiger partial charge is 0.437 e. The summed E-state index contributed by atoms with van der Waals surface area (Å²) in [6.07, 6.45) is 2.60. The van der Waals surface area contributed by atoms with Crippen LogP contribution in [-0.2, 0) is 0 Å². The maximum atomic E-state index is 9.54. The standard InChI is InChI=1S/C9H19BN2O2/c1-7-4-8(2)12(10(3)13)6-9(7)5-11-14/h5,7-9,13-14H,4,6H2,1-3H3/b11-5+/t7?,8-,9-/m0/s1. The molecule has 4 nitrogen and oxygen atoms in total. The average molecular weight is 198 g/mol. The van der Waals surface area contributed by atoms with Gasteiger partial charge in [0.05, 0.1) is 0 Å². The summed E-state index contributed by atoms with van der Waals surface area (Å²) in [4.78, 5) is 2.03. The lowest BCUT2D eigenvalue weighted by Gasteiger charge is -2.41. The molecular weight excluding hydrogens is 179 g/mol. The summed E-state index contributed by atoms with van der Waals surface area (Å²) in [5.74, 6) is 0.752. The van der Waals surface area contributed by atoms with Gasteiger partial charge < -0.3 is 15.0 Å². The second kappa shape index (κ2) is 4.80. The van der Waals surface area contributed by atoms with E-state index in [0.717, 1.165) is 13.0 Å². The van der Waals surface area contributed by atoms with Crippen molar-refractivity contribution in [1.29, 1.82) is 0 Å². The zero-order chi connectivity index (χ0) is 10.7. The molecule has 2 N–H and O–H groups in total. The van der Waals surface area contributed by atoms with E-state index in [0.29, 0.717) is 12.0 Å². The van der Waals surface area contributed by atoms with E-state index in [2.05, 4.69) is 19.0 Å². The summed E-state index contributed by atoms with van der Waals surface area (Å²) < 4.78 is 0. The molecule has 0 amide bonds. The third-order valence-electron chi connectivity index (χ3n) is 3.17. The summed E-state index contributed by atoms with van der Waals surface area (Å²) in [6.45, 7) is 6.82. The van der Waals surface area contributed by atoms with Crippen LogP contribution in [0.3, 0.4) is 0 Å². The minimum Gasteiger partial charge on any atom is -0.437 e. The van der Waals surface area contributed by atoms with Crippen LogP contribution >= 0.6 is 0 Å². The minimum atomic E-state index is -0.424. The van der Waals surface area contributed by atoms with Crippen molar-refractivity contribution in [1.82, 2.24) is 4.81 Å². The van der Waals surface area contributed by atoms with E-state index in [1.807, 2.05) is 4.81 Å². The van der Waals surface area contributed by atoms with E-state index in [1.54, 1.807) is 13.0 Å². The third-order valence-corrected chi connectivity index (χ3v) is 3.17. The van der Waals surface area contributed by atoms with Gasteiger partial charge in [-0.3, -0.25) is 0 Å². The highest BCUT2D eigenvalue weighted by molar-refractivity contribution is 6.45. The monoisotopic (exact) mass is 198 g/mol. The average Bonchev–Trinajstić information content (AvgIpc) is 2.09. The number of hydrogen-bond donors (Lipinski definition) is 2. The van der Waals surface area contributed by atoms with Gasteiger partial charge in [0.2, 0.25) is 0 Å². The highest BCUT2D eigenvalue weighted by atomic mass is 16.4. The van der Waals surface area contributed by atoms with Crippen LogP contribution in [0.2, 0.25) is 6.82 Å². The van der Waals surface area contributed by atoms with Crippen LogP contribution in [0.4, 0.5) is 0 Å². The number of hydrogen-bond acceptors (Lipinski definition) is 4. The zero-order valence-corrected chi connectivity index (χ0v) is 9.09. The quantitative estimate of drug-likeness (QED) is 0.300. The van der Waals surface area contributed by atoms with Crippen molar-refractivity contribution in [2.45, 2.75) is 33.1 Å². The van der Waals surface area contributed by atoms with E-state index in [1.165, 1.54) is 0 Å². The van der Waals surface area contributed by atoms with E-state index >= 15 is 0 Å². The molecule has 0 saturated carbocycles. The molecule has 1 fully saturated rings. The molecule has 0 spiro atoms. The predicted octanol–water partition coefficient (Wildman–Crippen LogP) is 0.903. The van der Waals surface area contributed by atoms with Crippen molar-refractivity contribution in [3.05, 3.63) is 0 Å². The Kier molecular flexibility index (Phi) is 3.95. The Labute approximate surface area is 85.7 Å². The van der Waals surface area contributed by atoms with Gasteiger partial charge in [0.25, 0.3) is 0 Å². The molecule has 0 radical (unpaired) electrons. The molecule has 14 heavy (non-hydrogen) atoms. The fourth-order valence-corrected chi connectivity index (χ4v) is 2.25. The highest BCUT2D eigenvalue weighted by Crippen LogP contribution is 2.26. The molecule has 1 heterocycles. The van der Waals surface area contributed by atoms with E-state index < -0.39 is 7.05 Å². The summed E-state index contributed by atoms with van der Waals surface area (Å²) in [7, 11) is -0.424. The summed E-state index contributed by atoms with van der Waals surface area (Å²) in [5, 5.41) is 21.1. The van der Waals surface area contributed by atoms with Crippen molar-refractivity contribution in [2.75, 3.05) is 6.54 Å². The molecule has 0 aromatic carbocycles. The smallest absolute Gasteiger partial charge is 0.376 e. The first-order valence-corrected chi connectivity index (χ1v) is 5.17. The van der Waals surface area contributed by atoms with Crippen LogP contribution in [0.15, 0.2) is 5.16 Å². The Balaban J connectivity index is 2.65. The SMILES string of the molecule is CB(O)N1C[C@H](/C=N/O)C(C)C[C@@H]1C. The predicted molar refractivity (Wildman–Crippen MR) is 57.6 cm³/mol. The Hall–Kier alpha value is -0.545. The molecule has 5 heteroatoms. The Bertz CT molecular complexity index is 211. The van der Waals surface area contributed by atoms with Gasteiger partial charge in [-0.05, 0) is 31.7 Å². The van der Waals surface area contributed by atoms with Crippen molar-refractivity contribution in [3.63, 3.8) is 0 Å². The molecule has 1 saturated heterocycles. The summed E-state index contributed by atoms with van der Waals surface area (Å²) >= 11 is 0. The van der Waals surface area contributed by atoms with Gasteiger partial charge in [0.1, 0.15) is 0 Å². The van der Waals surface area contributed by atoms with Crippen molar-refractivity contribution >= 4 is 13.3 Å². The Morgan fingerprint density at radius 3 is 2.64 bits per heavy atom. The maximum absolute atomic E-state index is 9.54. The first-order chi connectivity index (χ1) is 6.56. The molecule has 1 aliphatic heterocycles. The normalized spacial score (nSPS) is 35.0. The Morgan fingerprint density at radius 2 is 2.14 bits per heavy atom. The topological polar surface area (TPSA) is 56.1 Å². The molecule has 0 aliphatic carbocycles. The van der Waals surface area contributed by atoms with Crippen LogP contribution in [0.25, 0.3) is 0 Å². The van der Waals surface area contributed by atoms with Gasteiger partial charge in [0.15, 0.2) is 0 Å². The molecule has 1 aliphatic rings. The van der Waals surface area contributed by atoms with Crippen LogP contribution in [-0.4, -0.2) is 40.9 Å². The molecular formula is C9H19BN2O2. The number of oxime groups is 1. The lowest BCUT2D eigenvalue weighted by molar-refractivity contribution is 0.167. The van der Waals surface area contributed by atoms with Crippen molar-refractivity contribution in [2.24, 2.45) is 17.0 Å². The van der Waals surface area contributed by atoms with Crippen LogP contribution in [0.5, 0.6) is 0 Å². The molecule has 0 aromatic rings. The highest BCUT2D eigenvalue weighted by Gasteiger charge is 2.33. The fourth-order valence-electron chi connectivity index (χ4n) is 2.25. The Morgan fingerprint density at radius 1 is 1.50 bits per heavy atom. The lowest BCUT2D eigenvalue weighted by atomic mass is 9.75. The molecule has 3 atom stereocenters. The molecule has 0 aromatic heterocycles. The second-order valence-corrected chi connectivity index (χ2v) is 4.32. The van der Waals surface area contributed by atoms with Crippen molar-refractivity contribution in [3.8, 4) is 0 Å². The lowest BCUT2D eigenvalue weighted by Crippen LogP contribution is -2.52. The maximum Gasteiger partial charge on any atom is 0.376 e. The van der Waals surface area contributed by atoms with Crippen LogP contribution < -0.4 is 0 Å². The van der Waals surface area contributed by atoms with E-state index in [9.17, 15) is 5.02 Å². The van der Waals surface area contributed by atoms with Crippen LogP contribution in [0, 0.1) is 11.8 Å². The molecule has 80 valence electrons. The van der Waals surface area contributed by atoms with E-state index in [4.69, 9.17) is 5.21 Å². The summed E-state index contributed by atoms with van der Waals surface area (Å²) in [5.41, 5.74) is 0. The molecule has 0 bridgehead atoms. The van der Waals surface area contributed by atoms with Gasteiger partial charge in [-0.2, -0.15) is 0 Å². The first-order valence-electron chi connectivity index (χ1n) is 5.17. The number of nitrogens with zero attached hydrogens (tertiary/aromatic N) is 2. The van der Waals surface area contributed by atoms with Gasteiger partial charge in [-0.25, -0.2) is 0 Å². The fraction of sp³-hybridized carbons (Fsp3) is 0.889. The van der Waals surface area contributed by atoms with E-state index in [-0.39, 0.29) is 5.92 Å². The number of piperidine rings is 1. The van der Waals surface area contributed by atoms with Gasteiger partial charge in [0, 0.05) is 12.1 Å². The van der Waals surface area contributed by atoms with Gasteiger partial charge in [-0.15, -0.1) is 5.16 Å². The number of rotatable bonds is 2. The molecule has 1 unspecified atom stereocenters. The molecule has 1 rings (SSSR count). The zero-order valence-electron chi connectivity index (χ0n) is 9.09. The second-order valence-electron chi connectivity index (χ2n) is 4.32. The van der Waals surface area contributed by atoms with Crippen LogP contribution in [0.1, 0.15) is 20.3 Å².